The van der Waals surface area contributed by atoms with E-state index in [0.717, 1.165) is 12.1 Å². The van der Waals surface area contributed by atoms with E-state index in [0.29, 0.717) is 10.0 Å². The summed E-state index contributed by atoms with van der Waals surface area (Å²) in [5.41, 5.74) is 0.280. The van der Waals surface area contributed by atoms with Gasteiger partial charge >= 0.3 is 5.97 Å². The van der Waals surface area contributed by atoms with Crippen molar-refractivity contribution in [2.24, 2.45) is 0 Å². The molecule has 0 saturated heterocycles. The third-order valence-corrected chi connectivity index (χ3v) is 3.17. The number of carboxylic acid groups (broad SMARTS) is 1. The Kier molecular flexibility index (Phi) is 4.34. The Bertz CT molecular complexity index is 659. The molecule has 0 aliphatic carbocycles. The third-order valence-electron chi connectivity index (χ3n) is 2.56. The minimum atomic E-state index is -1.34. The first-order valence-corrected chi connectivity index (χ1v) is 6.36. The highest BCUT2D eigenvalue weighted by atomic mass is 79.9. The van der Waals surface area contributed by atoms with Gasteiger partial charge in [0.25, 0.3) is 0 Å². The van der Waals surface area contributed by atoms with Crippen LogP contribution < -0.4 is 4.74 Å². The molecule has 2 rings (SSSR count). The summed E-state index contributed by atoms with van der Waals surface area (Å²) < 4.78 is 32.1. The molecular formula is C14H9BrF2O3. The van der Waals surface area contributed by atoms with Gasteiger partial charge in [-0.1, -0.05) is 6.07 Å². The quantitative estimate of drug-likeness (QED) is 0.913. The van der Waals surface area contributed by atoms with Crippen LogP contribution in [-0.2, 0) is 6.61 Å². The largest absolute Gasteiger partial charge is 0.489 e. The number of hydrogen-bond acceptors (Lipinski definition) is 2. The number of hydrogen-bond donors (Lipinski definition) is 1. The van der Waals surface area contributed by atoms with Gasteiger partial charge in [-0.25, -0.2) is 13.6 Å². The van der Waals surface area contributed by atoms with Gasteiger partial charge in [-0.15, -0.1) is 0 Å². The van der Waals surface area contributed by atoms with Gasteiger partial charge in [-0.05, 0) is 45.8 Å². The monoisotopic (exact) mass is 342 g/mol. The van der Waals surface area contributed by atoms with Crippen molar-refractivity contribution in [3.05, 3.63) is 63.6 Å². The summed E-state index contributed by atoms with van der Waals surface area (Å²) >= 11 is 3.05. The number of halogens is 3. The number of aromatic carboxylic acids is 1. The second-order valence-corrected chi connectivity index (χ2v) is 4.84. The minimum absolute atomic E-state index is 0.116. The van der Waals surface area contributed by atoms with Crippen LogP contribution in [0, 0.1) is 11.6 Å². The lowest BCUT2D eigenvalue weighted by Gasteiger charge is -2.08. The number of carbonyl (C=O) groups is 1. The normalized spacial score (nSPS) is 10.3. The molecule has 0 aliphatic rings. The van der Waals surface area contributed by atoms with Crippen LogP contribution in [0.1, 0.15) is 15.9 Å². The highest BCUT2D eigenvalue weighted by molar-refractivity contribution is 9.10. The van der Waals surface area contributed by atoms with E-state index in [4.69, 9.17) is 9.84 Å². The summed E-state index contributed by atoms with van der Waals surface area (Å²) in [5.74, 6) is -2.38. The van der Waals surface area contributed by atoms with Crippen LogP contribution in [0.4, 0.5) is 8.78 Å². The van der Waals surface area contributed by atoms with Gasteiger partial charge in [-0.2, -0.15) is 0 Å². The lowest BCUT2D eigenvalue weighted by Crippen LogP contribution is -2.02. The van der Waals surface area contributed by atoms with Crippen LogP contribution in [0.25, 0.3) is 0 Å². The summed E-state index contributed by atoms with van der Waals surface area (Å²) in [5, 5.41) is 8.70. The second-order valence-electron chi connectivity index (χ2n) is 3.98. The van der Waals surface area contributed by atoms with Crippen LogP contribution in [0.5, 0.6) is 5.75 Å². The van der Waals surface area contributed by atoms with Crippen molar-refractivity contribution in [1.29, 1.82) is 0 Å². The molecule has 0 radical (unpaired) electrons. The predicted octanol–water partition coefficient (Wildman–Crippen LogP) is 4.00. The maximum absolute atomic E-state index is 13.4. The van der Waals surface area contributed by atoms with Gasteiger partial charge in [0.15, 0.2) is 0 Å². The molecule has 0 saturated carbocycles. The van der Waals surface area contributed by atoms with E-state index in [-0.39, 0.29) is 18.2 Å². The molecule has 6 heteroatoms. The van der Waals surface area contributed by atoms with Crippen LogP contribution in [0.3, 0.4) is 0 Å². The summed E-state index contributed by atoms with van der Waals surface area (Å²) in [7, 11) is 0. The average molecular weight is 343 g/mol. The number of benzene rings is 2. The molecule has 2 aromatic rings. The lowest BCUT2D eigenvalue weighted by atomic mass is 10.2. The molecule has 0 unspecified atom stereocenters. The van der Waals surface area contributed by atoms with Crippen LogP contribution in [0.2, 0.25) is 0 Å². The smallest absolute Gasteiger partial charge is 0.338 e. The van der Waals surface area contributed by atoms with Crippen molar-refractivity contribution in [3.63, 3.8) is 0 Å². The summed E-state index contributed by atoms with van der Waals surface area (Å²) in [6.07, 6.45) is 0. The van der Waals surface area contributed by atoms with Crippen LogP contribution in [-0.4, -0.2) is 11.1 Å². The topological polar surface area (TPSA) is 46.5 Å². The Labute approximate surface area is 121 Å². The second kappa shape index (κ2) is 6.00. The fourth-order valence-electron chi connectivity index (χ4n) is 1.56. The number of ether oxygens (including phenoxy) is 1. The number of rotatable bonds is 4. The van der Waals surface area contributed by atoms with Gasteiger partial charge in [0.05, 0.1) is 10.0 Å². The fraction of sp³-hybridized carbons (Fsp3) is 0.0714. The van der Waals surface area contributed by atoms with Crippen molar-refractivity contribution in [2.45, 2.75) is 6.61 Å². The number of carboxylic acids is 1. The maximum atomic E-state index is 13.4. The van der Waals surface area contributed by atoms with E-state index in [9.17, 15) is 13.6 Å². The zero-order valence-corrected chi connectivity index (χ0v) is 11.7. The van der Waals surface area contributed by atoms with Gasteiger partial charge in [0.2, 0.25) is 0 Å². The Morgan fingerprint density at radius 1 is 1.15 bits per heavy atom. The third kappa shape index (κ3) is 3.33. The maximum Gasteiger partial charge on any atom is 0.338 e. The molecule has 104 valence electrons. The van der Waals surface area contributed by atoms with Crippen molar-refractivity contribution in [1.82, 2.24) is 0 Å². The Morgan fingerprint density at radius 2 is 1.90 bits per heavy atom. The van der Waals surface area contributed by atoms with Gasteiger partial charge in [-0.3, -0.25) is 0 Å². The van der Waals surface area contributed by atoms with Gasteiger partial charge in [0.1, 0.15) is 24.0 Å². The van der Waals surface area contributed by atoms with Gasteiger partial charge in [0, 0.05) is 6.07 Å². The minimum Gasteiger partial charge on any atom is -0.489 e. The molecule has 0 bridgehead atoms. The van der Waals surface area contributed by atoms with Crippen molar-refractivity contribution in [3.8, 4) is 5.75 Å². The Balaban J connectivity index is 2.09. The van der Waals surface area contributed by atoms with Gasteiger partial charge < -0.3 is 9.84 Å². The van der Waals surface area contributed by atoms with Crippen LogP contribution in [0.15, 0.2) is 40.9 Å². The molecule has 3 nitrogen and oxygen atoms in total. The van der Waals surface area contributed by atoms with E-state index < -0.39 is 17.3 Å². The van der Waals surface area contributed by atoms with E-state index >= 15 is 0 Å². The molecule has 0 aromatic heterocycles. The van der Waals surface area contributed by atoms with E-state index in [1.165, 1.54) is 12.1 Å². The van der Waals surface area contributed by atoms with Crippen molar-refractivity contribution < 1.29 is 23.4 Å². The average Bonchev–Trinajstić information content (AvgIpc) is 2.40. The molecule has 0 fully saturated rings. The molecule has 2 aromatic carbocycles. The molecule has 0 atom stereocenters. The summed E-state index contributed by atoms with van der Waals surface area (Å²) in [6.45, 7) is 0.116. The molecule has 0 spiro atoms. The summed E-state index contributed by atoms with van der Waals surface area (Å²) in [6, 6.07) is 7.89. The van der Waals surface area contributed by atoms with E-state index in [2.05, 4.69) is 15.9 Å². The molecular weight excluding hydrogens is 334 g/mol. The van der Waals surface area contributed by atoms with Crippen LogP contribution >= 0.6 is 15.9 Å². The molecule has 0 amide bonds. The highest BCUT2D eigenvalue weighted by Gasteiger charge is 2.11. The van der Waals surface area contributed by atoms with Crippen molar-refractivity contribution >= 4 is 21.9 Å². The standard InChI is InChI=1S/C14H9BrF2O3/c15-11-5-8(1-4-12(11)16)7-20-9-2-3-10(14(18)19)13(17)6-9/h1-6H,7H2,(H,18,19). The Hall–Kier alpha value is -1.95. The SMILES string of the molecule is O=C(O)c1ccc(OCc2ccc(F)c(Br)c2)cc1F. The molecule has 0 heterocycles. The first-order chi connectivity index (χ1) is 9.47. The van der Waals surface area contributed by atoms with Crippen molar-refractivity contribution in [2.75, 3.05) is 0 Å². The van der Waals surface area contributed by atoms with E-state index in [1.54, 1.807) is 12.1 Å². The predicted molar refractivity (Wildman–Crippen MR) is 71.8 cm³/mol. The molecule has 20 heavy (non-hydrogen) atoms. The Morgan fingerprint density at radius 3 is 2.50 bits per heavy atom. The lowest BCUT2D eigenvalue weighted by molar-refractivity contribution is 0.0692. The highest BCUT2D eigenvalue weighted by Crippen LogP contribution is 2.20. The first kappa shape index (κ1) is 14.5. The molecule has 0 aliphatic heterocycles. The zero-order valence-electron chi connectivity index (χ0n) is 10.1. The zero-order chi connectivity index (χ0) is 14.7. The fourth-order valence-corrected chi connectivity index (χ4v) is 1.98. The first-order valence-electron chi connectivity index (χ1n) is 5.57. The molecule has 1 N–H and O–H groups in total. The summed E-state index contributed by atoms with van der Waals surface area (Å²) in [4.78, 5) is 10.7. The van der Waals surface area contributed by atoms with E-state index in [1.807, 2.05) is 0 Å².